The van der Waals surface area contributed by atoms with E-state index in [9.17, 15) is 9.59 Å². The van der Waals surface area contributed by atoms with Crippen LogP contribution in [0.4, 0.5) is 5.69 Å². The molecule has 2 aromatic heterocycles. The van der Waals surface area contributed by atoms with E-state index < -0.39 is 0 Å². The van der Waals surface area contributed by atoms with Crippen molar-refractivity contribution < 1.29 is 14.3 Å². The first-order valence-corrected chi connectivity index (χ1v) is 7.71. The third-order valence-electron chi connectivity index (χ3n) is 3.15. The van der Waals surface area contributed by atoms with E-state index in [-0.39, 0.29) is 24.5 Å². The van der Waals surface area contributed by atoms with Crippen molar-refractivity contribution in [1.82, 2.24) is 4.98 Å². The summed E-state index contributed by atoms with van der Waals surface area (Å²) < 4.78 is 4.95. The molecule has 116 valence electrons. The molecule has 2 heterocycles. The molecule has 2 aromatic rings. The van der Waals surface area contributed by atoms with Crippen LogP contribution in [0, 0.1) is 13.8 Å². The van der Waals surface area contributed by atoms with E-state index in [2.05, 4.69) is 10.3 Å². The smallest absolute Gasteiger partial charge is 0.224 e. The molecule has 22 heavy (non-hydrogen) atoms. The second kappa shape index (κ2) is 7.17. The van der Waals surface area contributed by atoms with Gasteiger partial charge in [0.05, 0.1) is 19.0 Å². The Morgan fingerprint density at radius 2 is 2.05 bits per heavy atom. The maximum absolute atomic E-state index is 12.1. The Kier molecular flexibility index (Phi) is 5.27. The van der Waals surface area contributed by atoms with Gasteiger partial charge in [0.1, 0.15) is 0 Å². The molecule has 0 atom stereocenters. The molecule has 0 aliphatic rings. The highest BCUT2D eigenvalue weighted by molar-refractivity contribution is 7.12. The number of anilines is 1. The standard InChI is InChI=1S/C16H18N2O3S/c1-10-8-13(11(2)22-10)14(19)5-6-15(20)18-12-4-7-16(21-3)17-9-12/h4,7-9H,5-6H2,1-3H3,(H,18,20). The molecule has 0 aliphatic heterocycles. The van der Waals surface area contributed by atoms with Gasteiger partial charge in [0.15, 0.2) is 5.78 Å². The number of carbonyl (C=O) groups is 2. The second-order valence-corrected chi connectivity index (χ2v) is 6.35. The summed E-state index contributed by atoms with van der Waals surface area (Å²) in [4.78, 5) is 30.1. The molecular formula is C16H18N2O3S. The normalized spacial score (nSPS) is 10.3. The van der Waals surface area contributed by atoms with Gasteiger partial charge in [-0.3, -0.25) is 9.59 Å². The SMILES string of the molecule is COc1ccc(NC(=O)CCC(=O)c2cc(C)sc2C)cn1. The molecule has 0 saturated heterocycles. The molecule has 1 amide bonds. The summed E-state index contributed by atoms with van der Waals surface area (Å²) in [6, 6.07) is 5.25. The Morgan fingerprint density at radius 1 is 1.27 bits per heavy atom. The molecule has 0 spiro atoms. The lowest BCUT2D eigenvalue weighted by Gasteiger charge is -2.05. The Morgan fingerprint density at radius 3 is 2.59 bits per heavy atom. The van der Waals surface area contributed by atoms with Crippen molar-refractivity contribution in [2.75, 3.05) is 12.4 Å². The third kappa shape index (κ3) is 4.14. The number of Topliss-reactive ketones (excluding diaryl/α,β-unsaturated/α-hetero) is 1. The van der Waals surface area contributed by atoms with E-state index in [1.165, 1.54) is 13.3 Å². The Hall–Kier alpha value is -2.21. The summed E-state index contributed by atoms with van der Waals surface area (Å²) in [5.74, 6) is 0.284. The van der Waals surface area contributed by atoms with Crippen LogP contribution in [0.3, 0.4) is 0 Å². The first-order valence-electron chi connectivity index (χ1n) is 6.89. The fourth-order valence-corrected chi connectivity index (χ4v) is 3.01. The van der Waals surface area contributed by atoms with Gasteiger partial charge in [0.25, 0.3) is 0 Å². The molecule has 0 unspecified atom stereocenters. The van der Waals surface area contributed by atoms with E-state index in [0.717, 1.165) is 15.3 Å². The third-order valence-corrected chi connectivity index (χ3v) is 4.12. The highest BCUT2D eigenvalue weighted by Gasteiger charge is 2.14. The number of pyridine rings is 1. The van der Waals surface area contributed by atoms with E-state index in [4.69, 9.17) is 4.74 Å². The van der Waals surface area contributed by atoms with Crippen molar-refractivity contribution in [3.8, 4) is 5.88 Å². The lowest BCUT2D eigenvalue weighted by atomic mass is 10.1. The molecule has 5 nitrogen and oxygen atoms in total. The van der Waals surface area contributed by atoms with E-state index in [1.54, 1.807) is 23.5 Å². The van der Waals surface area contributed by atoms with Gasteiger partial charge in [-0.25, -0.2) is 4.98 Å². The molecule has 0 aliphatic carbocycles. The Bertz CT molecular complexity index is 677. The van der Waals surface area contributed by atoms with Crippen molar-refractivity contribution in [3.05, 3.63) is 39.7 Å². The maximum Gasteiger partial charge on any atom is 0.224 e. The summed E-state index contributed by atoms with van der Waals surface area (Å²) >= 11 is 1.60. The number of thiophene rings is 1. The summed E-state index contributed by atoms with van der Waals surface area (Å²) in [7, 11) is 1.53. The molecule has 0 aromatic carbocycles. The number of methoxy groups -OCH3 is 1. The van der Waals surface area contributed by atoms with Gasteiger partial charge in [-0.15, -0.1) is 11.3 Å². The van der Waals surface area contributed by atoms with E-state index >= 15 is 0 Å². The van der Waals surface area contributed by atoms with Gasteiger partial charge in [0.2, 0.25) is 11.8 Å². The van der Waals surface area contributed by atoms with Gasteiger partial charge in [-0.05, 0) is 26.0 Å². The number of hydrogen-bond acceptors (Lipinski definition) is 5. The van der Waals surface area contributed by atoms with Gasteiger partial charge in [-0.1, -0.05) is 0 Å². The van der Waals surface area contributed by atoms with Crippen LogP contribution in [0.2, 0.25) is 0 Å². The minimum Gasteiger partial charge on any atom is -0.481 e. The number of aryl methyl sites for hydroxylation is 2. The highest BCUT2D eigenvalue weighted by Crippen LogP contribution is 2.22. The summed E-state index contributed by atoms with van der Waals surface area (Å²) in [6.45, 7) is 3.89. The van der Waals surface area contributed by atoms with E-state index in [0.29, 0.717) is 11.6 Å². The van der Waals surface area contributed by atoms with Gasteiger partial charge >= 0.3 is 0 Å². The van der Waals surface area contributed by atoms with Crippen LogP contribution in [0.1, 0.15) is 33.0 Å². The zero-order chi connectivity index (χ0) is 16.1. The highest BCUT2D eigenvalue weighted by atomic mass is 32.1. The molecule has 6 heteroatoms. The van der Waals surface area contributed by atoms with Crippen LogP contribution in [-0.4, -0.2) is 23.8 Å². The molecule has 0 fully saturated rings. The molecular weight excluding hydrogens is 300 g/mol. The number of rotatable bonds is 6. The molecule has 0 radical (unpaired) electrons. The number of carbonyl (C=O) groups excluding carboxylic acids is 2. The van der Waals surface area contributed by atoms with Crippen molar-refractivity contribution >= 4 is 28.7 Å². The number of aromatic nitrogens is 1. The molecule has 2 rings (SSSR count). The van der Waals surface area contributed by atoms with Crippen molar-refractivity contribution in [1.29, 1.82) is 0 Å². The van der Waals surface area contributed by atoms with Crippen molar-refractivity contribution in [2.24, 2.45) is 0 Å². The van der Waals surface area contributed by atoms with Gasteiger partial charge < -0.3 is 10.1 Å². The Labute approximate surface area is 133 Å². The molecule has 1 N–H and O–H groups in total. The Balaban J connectivity index is 1.87. The average molecular weight is 318 g/mol. The summed E-state index contributed by atoms with van der Waals surface area (Å²) in [6.07, 6.45) is 1.87. The lowest BCUT2D eigenvalue weighted by molar-refractivity contribution is -0.116. The minimum atomic E-state index is -0.204. The predicted molar refractivity (Wildman–Crippen MR) is 86.8 cm³/mol. The lowest BCUT2D eigenvalue weighted by Crippen LogP contribution is -2.13. The average Bonchev–Trinajstić information content (AvgIpc) is 2.84. The monoisotopic (exact) mass is 318 g/mol. The summed E-state index contributed by atoms with van der Waals surface area (Å²) in [5, 5.41) is 2.71. The predicted octanol–water partition coefficient (Wildman–Crippen LogP) is 3.37. The van der Waals surface area contributed by atoms with Crippen molar-refractivity contribution in [2.45, 2.75) is 26.7 Å². The minimum absolute atomic E-state index is 0.00450. The van der Waals surface area contributed by atoms with Crippen LogP contribution < -0.4 is 10.1 Å². The van der Waals surface area contributed by atoms with Crippen LogP contribution in [0.25, 0.3) is 0 Å². The first-order chi connectivity index (χ1) is 10.5. The van der Waals surface area contributed by atoms with Crippen molar-refractivity contribution in [3.63, 3.8) is 0 Å². The largest absolute Gasteiger partial charge is 0.481 e. The van der Waals surface area contributed by atoms with Crippen LogP contribution >= 0.6 is 11.3 Å². The topological polar surface area (TPSA) is 68.3 Å². The summed E-state index contributed by atoms with van der Waals surface area (Å²) in [5.41, 5.74) is 1.31. The number of nitrogens with one attached hydrogen (secondary N) is 1. The number of ether oxygens (including phenoxy) is 1. The van der Waals surface area contributed by atoms with E-state index in [1.807, 2.05) is 19.9 Å². The van der Waals surface area contributed by atoms with Gasteiger partial charge in [-0.2, -0.15) is 0 Å². The number of hydrogen-bond donors (Lipinski definition) is 1. The van der Waals surface area contributed by atoms with Crippen LogP contribution in [0.5, 0.6) is 5.88 Å². The number of nitrogens with zero attached hydrogens (tertiary/aromatic N) is 1. The first kappa shape index (κ1) is 16.2. The zero-order valence-corrected chi connectivity index (χ0v) is 13.6. The molecule has 0 saturated carbocycles. The zero-order valence-electron chi connectivity index (χ0n) is 12.8. The quantitative estimate of drug-likeness (QED) is 0.829. The maximum atomic E-state index is 12.1. The van der Waals surface area contributed by atoms with Crippen LogP contribution in [0.15, 0.2) is 24.4 Å². The van der Waals surface area contributed by atoms with Gasteiger partial charge in [0, 0.05) is 34.2 Å². The second-order valence-electron chi connectivity index (χ2n) is 4.89. The number of amides is 1. The number of ketones is 1. The van der Waals surface area contributed by atoms with Crippen LogP contribution in [-0.2, 0) is 4.79 Å². The fraction of sp³-hybridized carbons (Fsp3) is 0.312. The fourth-order valence-electron chi connectivity index (χ4n) is 2.07. The molecule has 0 bridgehead atoms.